The zero-order chi connectivity index (χ0) is 8.13. The molecule has 1 saturated carbocycles. The first-order valence-corrected chi connectivity index (χ1v) is 4.33. The van der Waals surface area contributed by atoms with Gasteiger partial charge in [0.2, 0.25) is 0 Å². The monoisotopic (exact) mass is 161 g/mol. The summed E-state index contributed by atoms with van der Waals surface area (Å²) in [4.78, 5) is 0. The average molecular weight is 161 g/mol. The van der Waals surface area contributed by atoms with Gasteiger partial charge in [-0.05, 0) is 18.6 Å². The van der Waals surface area contributed by atoms with Crippen molar-refractivity contribution in [1.82, 2.24) is 0 Å². The molecule has 2 aliphatic rings. The summed E-state index contributed by atoms with van der Waals surface area (Å²) in [5, 5.41) is 3.47. The van der Waals surface area contributed by atoms with Gasteiger partial charge in [0.1, 0.15) is 5.75 Å². The van der Waals surface area contributed by atoms with Crippen LogP contribution in [-0.2, 0) is 0 Å². The van der Waals surface area contributed by atoms with Gasteiger partial charge in [-0.1, -0.05) is 6.07 Å². The lowest BCUT2D eigenvalue weighted by Gasteiger charge is -2.08. The Morgan fingerprint density at radius 3 is 3.25 bits per heavy atom. The van der Waals surface area contributed by atoms with Crippen molar-refractivity contribution in [2.45, 2.75) is 18.4 Å². The summed E-state index contributed by atoms with van der Waals surface area (Å²) in [6.07, 6.45) is 1.29. The van der Waals surface area contributed by atoms with Crippen molar-refractivity contribution in [2.75, 3.05) is 12.4 Å². The Labute approximate surface area is 71.5 Å². The maximum atomic E-state index is 5.31. The van der Waals surface area contributed by atoms with Crippen LogP contribution in [0.2, 0.25) is 0 Å². The quantitative estimate of drug-likeness (QED) is 0.680. The lowest BCUT2D eigenvalue weighted by molar-refractivity contribution is 0.410. The summed E-state index contributed by atoms with van der Waals surface area (Å²) < 4.78 is 5.31. The van der Waals surface area contributed by atoms with E-state index in [0.29, 0.717) is 6.04 Å². The summed E-state index contributed by atoms with van der Waals surface area (Å²) in [6.45, 7) is 0. The molecule has 2 unspecified atom stereocenters. The lowest BCUT2D eigenvalue weighted by atomic mass is 10.1. The first-order valence-electron chi connectivity index (χ1n) is 4.33. The van der Waals surface area contributed by atoms with Crippen LogP contribution in [0.1, 0.15) is 17.9 Å². The summed E-state index contributed by atoms with van der Waals surface area (Å²) in [5.74, 6) is 1.78. The topological polar surface area (TPSA) is 21.3 Å². The zero-order valence-corrected chi connectivity index (χ0v) is 7.00. The van der Waals surface area contributed by atoms with Crippen LogP contribution in [0.4, 0.5) is 5.69 Å². The fourth-order valence-electron chi connectivity index (χ4n) is 2.10. The minimum Gasteiger partial charge on any atom is -0.496 e. The van der Waals surface area contributed by atoms with Crippen molar-refractivity contribution in [3.8, 4) is 5.75 Å². The van der Waals surface area contributed by atoms with E-state index < -0.39 is 0 Å². The third kappa shape index (κ3) is 0.649. The van der Waals surface area contributed by atoms with Crippen LogP contribution in [0.25, 0.3) is 0 Å². The van der Waals surface area contributed by atoms with E-state index in [9.17, 15) is 0 Å². The van der Waals surface area contributed by atoms with Crippen LogP contribution in [0.3, 0.4) is 0 Å². The minimum absolute atomic E-state index is 0.705. The van der Waals surface area contributed by atoms with Crippen molar-refractivity contribution < 1.29 is 4.74 Å². The fourth-order valence-corrected chi connectivity index (χ4v) is 2.10. The highest BCUT2D eigenvalue weighted by atomic mass is 16.5. The number of hydrogen-bond donors (Lipinski definition) is 1. The number of ether oxygens (including phenoxy) is 1. The van der Waals surface area contributed by atoms with Gasteiger partial charge >= 0.3 is 0 Å². The second-order valence-electron chi connectivity index (χ2n) is 3.51. The average Bonchev–Trinajstić information content (AvgIpc) is 2.77. The number of benzene rings is 1. The molecule has 1 heterocycles. The van der Waals surface area contributed by atoms with Gasteiger partial charge in [0.05, 0.1) is 7.11 Å². The van der Waals surface area contributed by atoms with Gasteiger partial charge in [0.15, 0.2) is 0 Å². The van der Waals surface area contributed by atoms with Crippen molar-refractivity contribution in [3.63, 3.8) is 0 Å². The highest BCUT2D eigenvalue weighted by molar-refractivity contribution is 5.68. The smallest absolute Gasteiger partial charge is 0.124 e. The van der Waals surface area contributed by atoms with Crippen LogP contribution in [0.5, 0.6) is 5.75 Å². The maximum absolute atomic E-state index is 5.31. The molecule has 1 aromatic rings. The predicted octanol–water partition coefficient (Wildman–Crippen LogP) is 1.98. The summed E-state index contributed by atoms with van der Waals surface area (Å²) in [6, 6.07) is 6.91. The molecule has 0 saturated heterocycles. The standard InChI is InChI=1S/C10H11NO/c1-12-9-4-2-3-7-10(9)6-5-8(6)11-7/h2-4,6,8,11H,5H2,1H3. The molecule has 0 bridgehead atoms. The number of hydrogen-bond acceptors (Lipinski definition) is 2. The maximum Gasteiger partial charge on any atom is 0.124 e. The second kappa shape index (κ2) is 1.94. The number of anilines is 1. The Morgan fingerprint density at radius 2 is 2.42 bits per heavy atom. The number of fused-ring (bicyclic) bond motifs is 3. The van der Waals surface area contributed by atoms with Gasteiger partial charge in [0.25, 0.3) is 0 Å². The number of rotatable bonds is 1. The molecular weight excluding hydrogens is 150 g/mol. The third-order valence-electron chi connectivity index (χ3n) is 2.79. The highest BCUT2D eigenvalue weighted by Gasteiger charge is 2.46. The van der Waals surface area contributed by atoms with Crippen LogP contribution in [0.15, 0.2) is 18.2 Å². The van der Waals surface area contributed by atoms with E-state index >= 15 is 0 Å². The summed E-state index contributed by atoms with van der Waals surface area (Å²) >= 11 is 0. The molecule has 0 radical (unpaired) electrons. The van der Waals surface area contributed by atoms with Crippen molar-refractivity contribution >= 4 is 5.69 Å². The lowest BCUT2D eigenvalue weighted by Crippen LogP contribution is -1.96. The van der Waals surface area contributed by atoms with Gasteiger partial charge in [0, 0.05) is 23.2 Å². The Hall–Kier alpha value is -1.18. The Bertz CT molecular complexity index is 335. The molecule has 2 heteroatoms. The van der Waals surface area contributed by atoms with Crippen molar-refractivity contribution in [3.05, 3.63) is 23.8 Å². The van der Waals surface area contributed by atoms with Crippen LogP contribution >= 0.6 is 0 Å². The van der Waals surface area contributed by atoms with Gasteiger partial charge < -0.3 is 10.1 Å². The molecule has 12 heavy (non-hydrogen) atoms. The minimum atomic E-state index is 0.705. The van der Waals surface area contributed by atoms with Gasteiger partial charge in [-0.25, -0.2) is 0 Å². The van der Waals surface area contributed by atoms with Crippen LogP contribution < -0.4 is 10.1 Å². The molecule has 1 fully saturated rings. The Morgan fingerprint density at radius 1 is 1.50 bits per heavy atom. The Balaban J connectivity index is 2.18. The van der Waals surface area contributed by atoms with Crippen molar-refractivity contribution in [1.29, 1.82) is 0 Å². The molecule has 2 nitrogen and oxygen atoms in total. The fraction of sp³-hybridized carbons (Fsp3) is 0.400. The molecule has 0 amide bonds. The molecule has 0 spiro atoms. The van der Waals surface area contributed by atoms with Gasteiger partial charge in [-0.2, -0.15) is 0 Å². The van der Waals surface area contributed by atoms with E-state index in [2.05, 4.69) is 11.4 Å². The predicted molar refractivity (Wildman–Crippen MR) is 47.8 cm³/mol. The summed E-state index contributed by atoms with van der Waals surface area (Å²) in [5.41, 5.74) is 2.67. The number of nitrogens with one attached hydrogen (secondary N) is 1. The third-order valence-corrected chi connectivity index (χ3v) is 2.79. The van der Waals surface area contributed by atoms with E-state index in [1.165, 1.54) is 17.7 Å². The van der Waals surface area contributed by atoms with E-state index in [0.717, 1.165) is 11.7 Å². The molecule has 1 N–H and O–H groups in total. The zero-order valence-electron chi connectivity index (χ0n) is 7.00. The largest absolute Gasteiger partial charge is 0.496 e. The molecule has 3 rings (SSSR count). The second-order valence-corrected chi connectivity index (χ2v) is 3.51. The van der Waals surface area contributed by atoms with E-state index in [1.807, 2.05) is 12.1 Å². The first-order chi connectivity index (χ1) is 5.90. The molecule has 2 atom stereocenters. The summed E-state index contributed by atoms with van der Waals surface area (Å²) in [7, 11) is 1.74. The van der Waals surface area contributed by atoms with Gasteiger partial charge in [-0.3, -0.25) is 0 Å². The molecular formula is C10H11NO. The van der Waals surface area contributed by atoms with Crippen LogP contribution in [-0.4, -0.2) is 13.2 Å². The number of methoxy groups -OCH3 is 1. The van der Waals surface area contributed by atoms with Crippen LogP contribution in [0, 0.1) is 0 Å². The van der Waals surface area contributed by atoms with E-state index in [4.69, 9.17) is 4.74 Å². The first kappa shape index (κ1) is 6.35. The van der Waals surface area contributed by atoms with Crippen molar-refractivity contribution in [2.24, 2.45) is 0 Å². The molecule has 1 aromatic carbocycles. The molecule has 0 aromatic heterocycles. The molecule has 1 aliphatic carbocycles. The highest BCUT2D eigenvalue weighted by Crippen LogP contribution is 2.54. The van der Waals surface area contributed by atoms with E-state index in [1.54, 1.807) is 7.11 Å². The SMILES string of the molecule is COc1cccc2c1C1CC1N2. The Kier molecular flexibility index (Phi) is 1.03. The van der Waals surface area contributed by atoms with Gasteiger partial charge in [-0.15, -0.1) is 0 Å². The molecule has 1 aliphatic heterocycles. The van der Waals surface area contributed by atoms with E-state index in [-0.39, 0.29) is 0 Å². The molecule has 62 valence electrons. The normalized spacial score (nSPS) is 28.8.